The Morgan fingerprint density at radius 3 is 2.88 bits per heavy atom. The summed E-state index contributed by atoms with van der Waals surface area (Å²) in [5.41, 5.74) is 7.39. The maximum Gasteiger partial charge on any atom is 0.361 e. The highest BCUT2D eigenvalue weighted by Crippen LogP contribution is 2.10. The minimum Gasteiger partial charge on any atom is -0.461 e. The van der Waals surface area contributed by atoms with Gasteiger partial charge in [0, 0.05) is 6.20 Å². The number of nitrogens with two attached hydrogens (primary N) is 1. The predicted molar refractivity (Wildman–Crippen MR) is 62.0 cm³/mol. The van der Waals surface area contributed by atoms with Gasteiger partial charge in [0.15, 0.2) is 5.69 Å². The van der Waals surface area contributed by atoms with Gasteiger partial charge < -0.3 is 10.5 Å². The molecule has 5 heteroatoms. The highest BCUT2D eigenvalue weighted by atomic mass is 16.5. The third kappa shape index (κ3) is 3.12. The summed E-state index contributed by atoms with van der Waals surface area (Å²) in [6.07, 6.45) is 3.63. The normalized spacial score (nSPS) is 9.94. The molecular formula is C11H17N3O2. The lowest BCUT2D eigenvalue weighted by Gasteiger charge is -1.98. The van der Waals surface area contributed by atoms with E-state index in [9.17, 15) is 4.79 Å². The molecule has 0 aromatic carbocycles. The molecule has 1 heterocycles. The number of hydrogen-bond donors (Lipinski definition) is 1. The zero-order valence-electron chi connectivity index (χ0n) is 9.86. The zero-order valence-corrected chi connectivity index (χ0v) is 9.86. The fraction of sp³-hybridized carbons (Fsp3) is 0.455. The second kappa shape index (κ2) is 5.34. The van der Waals surface area contributed by atoms with Crippen LogP contribution < -0.4 is 5.73 Å². The topological polar surface area (TPSA) is 70.1 Å². The van der Waals surface area contributed by atoms with Crippen molar-refractivity contribution in [3.8, 4) is 0 Å². The average molecular weight is 223 g/mol. The third-order valence-electron chi connectivity index (χ3n) is 1.95. The molecule has 0 saturated heterocycles. The number of carbonyl (C=O) groups excluding carboxylic acids is 1. The van der Waals surface area contributed by atoms with Gasteiger partial charge in [0.1, 0.15) is 0 Å². The summed E-state index contributed by atoms with van der Waals surface area (Å²) in [6, 6.07) is 0. The Labute approximate surface area is 94.9 Å². The fourth-order valence-corrected chi connectivity index (χ4v) is 1.16. The number of esters is 1. The summed E-state index contributed by atoms with van der Waals surface area (Å²) in [7, 11) is 0. The largest absolute Gasteiger partial charge is 0.461 e. The van der Waals surface area contributed by atoms with Gasteiger partial charge in [-0.15, -0.1) is 0 Å². The Balaban J connectivity index is 2.81. The van der Waals surface area contributed by atoms with Crippen LogP contribution in [0.2, 0.25) is 0 Å². The molecule has 0 amide bonds. The number of rotatable bonds is 4. The van der Waals surface area contributed by atoms with Crippen LogP contribution >= 0.6 is 0 Å². The fourth-order valence-electron chi connectivity index (χ4n) is 1.16. The third-order valence-corrected chi connectivity index (χ3v) is 1.95. The van der Waals surface area contributed by atoms with E-state index in [1.165, 1.54) is 5.57 Å². The van der Waals surface area contributed by atoms with Gasteiger partial charge in [-0.3, -0.25) is 4.68 Å². The van der Waals surface area contributed by atoms with Gasteiger partial charge in [0.2, 0.25) is 0 Å². The van der Waals surface area contributed by atoms with Crippen molar-refractivity contribution in [2.45, 2.75) is 27.3 Å². The quantitative estimate of drug-likeness (QED) is 0.622. The number of aromatic nitrogens is 2. The first-order valence-electron chi connectivity index (χ1n) is 5.18. The van der Waals surface area contributed by atoms with E-state index in [1.54, 1.807) is 17.8 Å². The van der Waals surface area contributed by atoms with Crippen LogP contribution in [0.1, 0.15) is 31.3 Å². The Hall–Kier alpha value is -1.78. The van der Waals surface area contributed by atoms with Gasteiger partial charge in [-0.05, 0) is 20.8 Å². The second-order valence-electron chi connectivity index (χ2n) is 3.66. The lowest BCUT2D eigenvalue weighted by atomic mass is 10.3. The van der Waals surface area contributed by atoms with Gasteiger partial charge in [-0.1, -0.05) is 11.6 Å². The summed E-state index contributed by atoms with van der Waals surface area (Å²) < 4.78 is 6.46. The second-order valence-corrected chi connectivity index (χ2v) is 3.66. The van der Waals surface area contributed by atoms with Crippen molar-refractivity contribution >= 4 is 11.7 Å². The van der Waals surface area contributed by atoms with Crippen LogP contribution in [-0.4, -0.2) is 22.4 Å². The number of nitrogens with zero attached hydrogens (tertiary/aromatic N) is 2. The van der Waals surface area contributed by atoms with Crippen molar-refractivity contribution < 1.29 is 9.53 Å². The first-order chi connectivity index (χ1) is 7.54. The molecule has 1 aromatic heterocycles. The number of allylic oxidation sites excluding steroid dienone is 2. The molecule has 88 valence electrons. The molecule has 16 heavy (non-hydrogen) atoms. The molecule has 0 bridgehead atoms. The molecule has 0 saturated carbocycles. The van der Waals surface area contributed by atoms with Crippen molar-refractivity contribution in [3.05, 3.63) is 23.5 Å². The van der Waals surface area contributed by atoms with Gasteiger partial charge in [0.05, 0.1) is 18.8 Å². The van der Waals surface area contributed by atoms with E-state index in [0.29, 0.717) is 18.8 Å². The van der Waals surface area contributed by atoms with Crippen LogP contribution in [0.4, 0.5) is 5.69 Å². The summed E-state index contributed by atoms with van der Waals surface area (Å²) >= 11 is 0. The van der Waals surface area contributed by atoms with Gasteiger partial charge in [-0.2, -0.15) is 5.10 Å². The number of nitrogen functional groups attached to an aromatic ring is 1. The molecule has 5 nitrogen and oxygen atoms in total. The molecule has 1 rings (SSSR count). The van der Waals surface area contributed by atoms with E-state index in [0.717, 1.165) is 0 Å². The molecule has 0 unspecified atom stereocenters. The zero-order chi connectivity index (χ0) is 12.1. The summed E-state index contributed by atoms with van der Waals surface area (Å²) in [6.45, 7) is 6.66. The number of hydrogen-bond acceptors (Lipinski definition) is 4. The van der Waals surface area contributed by atoms with Crippen LogP contribution in [0, 0.1) is 0 Å². The summed E-state index contributed by atoms with van der Waals surface area (Å²) in [4.78, 5) is 11.4. The van der Waals surface area contributed by atoms with E-state index >= 15 is 0 Å². The molecule has 0 atom stereocenters. The van der Waals surface area contributed by atoms with Gasteiger partial charge in [0.25, 0.3) is 0 Å². The minimum atomic E-state index is -0.476. The smallest absolute Gasteiger partial charge is 0.361 e. The molecule has 0 aliphatic heterocycles. The minimum absolute atomic E-state index is 0.184. The Kier molecular flexibility index (Phi) is 4.10. The Bertz CT molecular complexity index is 403. The van der Waals surface area contributed by atoms with Gasteiger partial charge in [-0.25, -0.2) is 4.79 Å². The summed E-state index contributed by atoms with van der Waals surface area (Å²) in [5, 5.41) is 4.07. The van der Waals surface area contributed by atoms with Gasteiger partial charge >= 0.3 is 5.97 Å². The van der Waals surface area contributed by atoms with E-state index in [1.807, 2.05) is 19.9 Å². The number of anilines is 1. The number of carbonyl (C=O) groups is 1. The van der Waals surface area contributed by atoms with Crippen LogP contribution in [0.15, 0.2) is 17.8 Å². The standard InChI is InChI=1S/C11H17N3O2/c1-4-16-11(15)10-9(12)7-14(13-10)6-5-8(2)3/h5,7H,4,6,12H2,1-3H3. The lowest BCUT2D eigenvalue weighted by molar-refractivity contribution is 0.0519. The highest BCUT2D eigenvalue weighted by molar-refractivity contribution is 5.92. The lowest BCUT2D eigenvalue weighted by Crippen LogP contribution is -2.08. The molecule has 0 fully saturated rings. The molecular weight excluding hydrogens is 206 g/mol. The SMILES string of the molecule is CCOC(=O)c1nn(CC=C(C)C)cc1N. The van der Waals surface area contributed by atoms with Crippen molar-refractivity contribution in [2.75, 3.05) is 12.3 Å². The molecule has 1 aromatic rings. The van der Waals surface area contributed by atoms with E-state index in [2.05, 4.69) is 5.10 Å². The average Bonchev–Trinajstić information content (AvgIpc) is 2.57. The summed E-state index contributed by atoms with van der Waals surface area (Å²) in [5.74, 6) is -0.476. The Morgan fingerprint density at radius 1 is 1.62 bits per heavy atom. The van der Waals surface area contributed by atoms with Crippen LogP contribution in [0.5, 0.6) is 0 Å². The monoisotopic (exact) mass is 223 g/mol. The van der Waals surface area contributed by atoms with E-state index in [4.69, 9.17) is 10.5 Å². The predicted octanol–water partition coefficient (Wildman–Crippen LogP) is 1.61. The van der Waals surface area contributed by atoms with Crippen LogP contribution in [-0.2, 0) is 11.3 Å². The molecule has 0 aliphatic rings. The molecule has 0 spiro atoms. The molecule has 0 aliphatic carbocycles. The number of ether oxygens (including phenoxy) is 1. The van der Waals surface area contributed by atoms with Crippen molar-refractivity contribution in [2.24, 2.45) is 0 Å². The maximum atomic E-state index is 11.4. The first kappa shape index (κ1) is 12.3. The molecule has 0 radical (unpaired) electrons. The molecule has 2 N–H and O–H groups in total. The highest BCUT2D eigenvalue weighted by Gasteiger charge is 2.15. The van der Waals surface area contributed by atoms with Crippen molar-refractivity contribution in [1.29, 1.82) is 0 Å². The van der Waals surface area contributed by atoms with E-state index in [-0.39, 0.29) is 5.69 Å². The van der Waals surface area contributed by atoms with Crippen LogP contribution in [0.3, 0.4) is 0 Å². The maximum absolute atomic E-state index is 11.4. The first-order valence-corrected chi connectivity index (χ1v) is 5.18. The van der Waals surface area contributed by atoms with Crippen molar-refractivity contribution in [1.82, 2.24) is 9.78 Å². The Morgan fingerprint density at radius 2 is 2.31 bits per heavy atom. The van der Waals surface area contributed by atoms with Crippen LogP contribution in [0.25, 0.3) is 0 Å². The van der Waals surface area contributed by atoms with E-state index < -0.39 is 5.97 Å². The van der Waals surface area contributed by atoms with Crippen molar-refractivity contribution in [3.63, 3.8) is 0 Å².